The molecule has 8 nitrogen and oxygen atoms in total. The molecule has 2 aromatic carbocycles. The minimum absolute atomic E-state index is 0.0187. The summed E-state index contributed by atoms with van der Waals surface area (Å²) in [6.07, 6.45) is 0. The summed E-state index contributed by atoms with van der Waals surface area (Å²) in [6.45, 7) is 6.15. The van der Waals surface area contributed by atoms with E-state index in [1.165, 1.54) is 28.6 Å². The van der Waals surface area contributed by atoms with Crippen LogP contribution in [0, 0.1) is 16.0 Å². The van der Waals surface area contributed by atoms with Gasteiger partial charge in [-0.1, -0.05) is 37.0 Å². The summed E-state index contributed by atoms with van der Waals surface area (Å²) in [5.41, 5.74) is 1.29. The van der Waals surface area contributed by atoms with Gasteiger partial charge in [-0.05, 0) is 36.2 Å². The fraction of sp³-hybridized carbons (Fsp3) is 0.400. The summed E-state index contributed by atoms with van der Waals surface area (Å²) in [4.78, 5) is 13.1. The minimum atomic E-state index is -3.69. The molecule has 0 amide bonds. The third kappa shape index (κ3) is 5.41. The van der Waals surface area contributed by atoms with Crippen LogP contribution in [0.15, 0.2) is 41.3 Å². The van der Waals surface area contributed by atoms with Crippen molar-refractivity contribution in [2.75, 3.05) is 42.9 Å². The van der Waals surface area contributed by atoms with E-state index in [-0.39, 0.29) is 28.7 Å². The van der Waals surface area contributed by atoms with Crippen LogP contribution in [0.25, 0.3) is 0 Å². The molecular weight excluding hydrogens is 463 g/mol. The minimum Gasteiger partial charge on any atom is -0.379 e. The SMILES string of the molecule is CC(C)CNc1cc(N2CCN(S(=O)(=O)c3ccc(Cl)c(Cl)c3)CC2)ccc1[N+](=O)[O-]. The first-order valence-corrected chi connectivity index (χ1v) is 12.0. The van der Waals surface area contributed by atoms with Crippen molar-refractivity contribution in [2.45, 2.75) is 18.7 Å². The van der Waals surface area contributed by atoms with Gasteiger partial charge >= 0.3 is 0 Å². The third-order valence-corrected chi connectivity index (χ3v) is 7.64. The van der Waals surface area contributed by atoms with Crippen LogP contribution in [-0.4, -0.2) is 50.4 Å². The van der Waals surface area contributed by atoms with E-state index in [4.69, 9.17) is 23.2 Å². The molecule has 2 aromatic rings. The molecule has 0 spiro atoms. The van der Waals surface area contributed by atoms with Crippen LogP contribution in [0.5, 0.6) is 0 Å². The Labute approximate surface area is 191 Å². The summed E-state index contributed by atoms with van der Waals surface area (Å²) >= 11 is 11.9. The Kier molecular flexibility index (Phi) is 7.31. The zero-order valence-electron chi connectivity index (χ0n) is 17.2. The topological polar surface area (TPSA) is 95.8 Å². The van der Waals surface area contributed by atoms with Crippen molar-refractivity contribution in [3.63, 3.8) is 0 Å². The number of hydrogen-bond acceptors (Lipinski definition) is 6. The molecule has 1 N–H and O–H groups in total. The Morgan fingerprint density at radius 1 is 1.06 bits per heavy atom. The molecule has 1 fully saturated rings. The molecule has 31 heavy (non-hydrogen) atoms. The second-order valence-corrected chi connectivity index (χ2v) is 10.5. The lowest BCUT2D eigenvalue weighted by Crippen LogP contribution is -2.48. The summed E-state index contributed by atoms with van der Waals surface area (Å²) in [7, 11) is -3.69. The van der Waals surface area contributed by atoms with Crippen molar-refractivity contribution < 1.29 is 13.3 Å². The van der Waals surface area contributed by atoms with Gasteiger partial charge in [0.15, 0.2) is 0 Å². The van der Waals surface area contributed by atoms with Gasteiger partial charge in [0.05, 0.1) is 19.9 Å². The maximum Gasteiger partial charge on any atom is 0.292 e. The van der Waals surface area contributed by atoms with E-state index in [9.17, 15) is 18.5 Å². The van der Waals surface area contributed by atoms with Crippen molar-refractivity contribution in [1.29, 1.82) is 0 Å². The molecule has 3 rings (SSSR count). The van der Waals surface area contributed by atoms with E-state index in [0.717, 1.165) is 5.69 Å². The summed E-state index contributed by atoms with van der Waals surface area (Å²) in [6, 6.07) is 9.20. The Balaban J connectivity index is 1.74. The van der Waals surface area contributed by atoms with Crippen molar-refractivity contribution in [2.24, 2.45) is 5.92 Å². The highest BCUT2D eigenvalue weighted by molar-refractivity contribution is 7.89. The molecule has 0 aromatic heterocycles. The number of nitro groups is 1. The summed E-state index contributed by atoms with van der Waals surface area (Å²) < 4.78 is 27.3. The van der Waals surface area contributed by atoms with Gasteiger partial charge in [0.25, 0.3) is 5.69 Å². The van der Waals surface area contributed by atoms with Crippen molar-refractivity contribution in [3.8, 4) is 0 Å². The molecule has 0 saturated carbocycles. The summed E-state index contributed by atoms with van der Waals surface area (Å²) in [5.74, 6) is 0.332. The van der Waals surface area contributed by atoms with Gasteiger partial charge in [-0.3, -0.25) is 10.1 Å². The highest BCUT2D eigenvalue weighted by Gasteiger charge is 2.29. The molecular formula is C20H24Cl2N4O4S. The molecule has 0 unspecified atom stereocenters. The molecule has 1 aliphatic heterocycles. The molecule has 0 bridgehead atoms. The highest BCUT2D eigenvalue weighted by atomic mass is 35.5. The molecule has 1 saturated heterocycles. The maximum absolute atomic E-state index is 12.9. The monoisotopic (exact) mass is 486 g/mol. The average Bonchev–Trinajstić information content (AvgIpc) is 2.73. The van der Waals surface area contributed by atoms with Crippen LogP contribution in [-0.2, 0) is 10.0 Å². The van der Waals surface area contributed by atoms with Crippen molar-refractivity contribution in [1.82, 2.24) is 4.31 Å². The fourth-order valence-corrected chi connectivity index (χ4v) is 5.12. The van der Waals surface area contributed by atoms with Gasteiger partial charge in [0, 0.05) is 44.5 Å². The molecule has 0 atom stereocenters. The van der Waals surface area contributed by atoms with Crippen LogP contribution in [0.4, 0.5) is 17.1 Å². The summed E-state index contributed by atoms with van der Waals surface area (Å²) in [5, 5.41) is 15.0. The lowest BCUT2D eigenvalue weighted by Gasteiger charge is -2.35. The molecule has 11 heteroatoms. The Bertz CT molecular complexity index is 1070. The van der Waals surface area contributed by atoms with Crippen LogP contribution in [0.1, 0.15) is 13.8 Å². The number of anilines is 2. The number of nitrogens with zero attached hydrogens (tertiary/aromatic N) is 3. The van der Waals surface area contributed by atoms with Gasteiger partial charge in [-0.15, -0.1) is 0 Å². The second-order valence-electron chi connectivity index (χ2n) is 7.70. The van der Waals surface area contributed by atoms with Crippen molar-refractivity contribution >= 4 is 50.3 Å². The smallest absolute Gasteiger partial charge is 0.292 e. The van der Waals surface area contributed by atoms with Gasteiger partial charge in [0.1, 0.15) is 5.69 Å². The first kappa shape index (κ1) is 23.6. The largest absolute Gasteiger partial charge is 0.379 e. The molecule has 0 radical (unpaired) electrons. The first-order chi connectivity index (χ1) is 14.6. The maximum atomic E-state index is 12.9. The van der Waals surface area contributed by atoms with Crippen LogP contribution < -0.4 is 10.2 Å². The van der Waals surface area contributed by atoms with Crippen LogP contribution in [0.2, 0.25) is 10.0 Å². The lowest BCUT2D eigenvalue weighted by molar-refractivity contribution is -0.383. The van der Waals surface area contributed by atoms with Gasteiger partial charge in [0.2, 0.25) is 10.0 Å². The Morgan fingerprint density at radius 3 is 2.32 bits per heavy atom. The number of nitro benzene ring substituents is 1. The number of hydrogen-bond donors (Lipinski definition) is 1. The number of piperazine rings is 1. The molecule has 1 aliphatic rings. The van der Waals surface area contributed by atoms with Gasteiger partial charge in [-0.2, -0.15) is 4.31 Å². The third-order valence-electron chi connectivity index (χ3n) is 5.01. The molecule has 168 valence electrons. The van der Waals surface area contributed by atoms with E-state index in [0.29, 0.717) is 36.3 Å². The highest BCUT2D eigenvalue weighted by Crippen LogP contribution is 2.31. The standard InChI is InChI=1S/C20H24Cl2N4O4S/c1-14(2)13-23-19-11-15(3-6-20(19)26(27)28)24-7-9-25(10-8-24)31(29,30)16-4-5-17(21)18(22)12-16/h3-6,11-12,14,23H,7-10,13H2,1-2H3. The predicted octanol–water partition coefficient (Wildman–Crippen LogP) is 4.48. The normalized spacial score (nSPS) is 15.3. The quantitative estimate of drug-likeness (QED) is 0.457. The number of benzene rings is 2. The predicted molar refractivity (Wildman–Crippen MR) is 124 cm³/mol. The average molecular weight is 487 g/mol. The number of halogens is 2. The van der Waals surface area contributed by atoms with E-state index in [1.54, 1.807) is 12.1 Å². The Hall–Kier alpha value is -2.07. The fourth-order valence-electron chi connectivity index (χ4n) is 3.31. The van der Waals surface area contributed by atoms with Crippen molar-refractivity contribution in [3.05, 3.63) is 56.6 Å². The first-order valence-electron chi connectivity index (χ1n) is 9.82. The van der Waals surface area contributed by atoms with Gasteiger partial charge < -0.3 is 10.2 Å². The van der Waals surface area contributed by atoms with Crippen LogP contribution >= 0.6 is 23.2 Å². The number of nitrogens with one attached hydrogen (secondary N) is 1. The molecule has 0 aliphatic carbocycles. The number of sulfonamides is 1. The van der Waals surface area contributed by atoms with Crippen LogP contribution in [0.3, 0.4) is 0 Å². The zero-order chi connectivity index (χ0) is 22.8. The lowest BCUT2D eigenvalue weighted by atomic mass is 10.2. The van der Waals surface area contributed by atoms with E-state index < -0.39 is 14.9 Å². The second kappa shape index (κ2) is 9.60. The number of rotatable bonds is 7. The zero-order valence-corrected chi connectivity index (χ0v) is 19.5. The molecule has 1 heterocycles. The van der Waals surface area contributed by atoms with E-state index in [2.05, 4.69) is 5.32 Å². The van der Waals surface area contributed by atoms with Gasteiger partial charge in [-0.25, -0.2) is 8.42 Å². The van der Waals surface area contributed by atoms with E-state index >= 15 is 0 Å². The Morgan fingerprint density at radius 2 is 1.74 bits per heavy atom. The van der Waals surface area contributed by atoms with E-state index in [1.807, 2.05) is 18.7 Å².